The van der Waals surface area contributed by atoms with Gasteiger partial charge in [0.1, 0.15) is 12.4 Å². The molecule has 0 radical (unpaired) electrons. The Labute approximate surface area is 182 Å². The molecule has 0 fully saturated rings. The average Bonchev–Trinajstić information content (AvgIpc) is 3.21. The molecule has 0 saturated heterocycles. The van der Waals surface area contributed by atoms with Gasteiger partial charge >= 0.3 is 0 Å². The van der Waals surface area contributed by atoms with E-state index < -0.39 is 10.0 Å². The van der Waals surface area contributed by atoms with Crippen LogP contribution in [0, 0.1) is 0 Å². The highest BCUT2D eigenvalue weighted by molar-refractivity contribution is 7.89. The number of hydrogen-bond acceptors (Lipinski definition) is 4. The second kappa shape index (κ2) is 8.53. The number of carbonyl (C=O) groups is 1. The number of anilines is 1. The zero-order valence-electron chi connectivity index (χ0n) is 17.5. The molecule has 0 aromatic heterocycles. The summed E-state index contributed by atoms with van der Waals surface area (Å²) in [4.78, 5) is 15.3. The van der Waals surface area contributed by atoms with Gasteiger partial charge in [0.25, 0.3) is 5.91 Å². The zero-order chi connectivity index (χ0) is 22.0. The molecule has 3 aromatic rings. The van der Waals surface area contributed by atoms with Crippen LogP contribution in [0.5, 0.6) is 5.75 Å². The molecule has 31 heavy (non-hydrogen) atoms. The molecular weight excluding hydrogens is 412 g/mol. The van der Waals surface area contributed by atoms with E-state index in [4.69, 9.17) is 4.74 Å². The molecule has 0 saturated carbocycles. The largest absolute Gasteiger partial charge is 0.488 e. The molecule has 0 N–H and O–H groups in total. The minimum atomic E-state index is -3.52. The van der Waals surface area contributed by atoms with Crippen LogP contribution >= 0.6 is 0 Å². The Bertz CT molecular complexity index is 1210. The fraction of sp³-hybridized carbons (Fsp3) is 0.208. The van der Waals surface area contributed by atoms with Gasteiger partial charge in [0.15, 0.2) is 0 Å². The second-order valence-corrected chi connectivity index (χ2v) is 9.71. The van der Waals surface area contributed by atoms with Gasteiger partial charge in [-0.05, 0) is 47.9 Å². The van der Waals surface area contributed by atoms with E-state index >= 15 is 0 Å². The first-order valence-electron chi connectivity index (χ1n) is 10.0. The van der Waals surface area contributed by atoms with E-state index in [0.717, 1.165) is 16.8 Å². The lowest BCUT2D eigenvalue weighted by Crippen LogP contribution is -2.29. The summed E-state index contributed by atoms with van der Waals surface area (Å²) in [5.41, 5.74) is 3.08. The summed E-state index contributed by atoms with van der Waals surface area (Å²) in [6.45, 7) is 0.861. The highest BCUT2D eigenvalue weighted by Crippen LogP contribution is 2.33. The van der Waals surface area contributed by atoms with Crippen LogP contribution in [0.1, 0.15) is 21.5 Å². The van der Waals surface area contributed by atoms with E-state index in [0.29, 0.717) is 30.9 Å². The third-order valence-corrected chi connectivity index (χ3v) is 7.14. The van der Waals surface area contributed by atoms with Crippen molar-refractivity contribution in [2.24, 2.45) is 0 Å². The molecular formula is C24H24N2O4S. The highest BCUT2D eigenvalue weighted by Gasteiger charge is 2.29. The van der Waals surface area contributed by atoms with Crippen molar-refractivity contribution < 1.29 is 17.9 Å². The van der Waals surface area contributed by atoms with E-state index in [1.807, 2.05) is 42.5 Å². The van der Waals surface area contributed by atoms with Crippen LogP contribution in [0.25, 0.3) is 0 Å². The van der Waals surface area contributed by atoms with Crippen molar-refractivity contribution >= 4 is 21.6 Å². The zero-order valence-corrected chi connectivity index (χ0v) is 18.3. The molecule has 0 aliphatic carbocycles. The summed E-state index contributed by atoms with van der Waals surface area (Å²) in [6, 6.07) is 21.9. The number of amides is 1. The van der Waals surface area contributed by atoms with Gasteiger partial charge in [0.05, 0.1) is 10.5 Å². The van der Waals surface area contributed by atoms with Crippen molar-refractivity contribution in [2.45, 2.75) is 17.9 Å². The molecule has 0 bridgehead atoms. The Kier molecular flexibility index (Phi) is 5.80. The van der Waals surface area contributed by atoms with Crippen LogP contribution in [0.3, 0.4) is 0 Å². The van der Waals surface area contributed by atoms with Crippen molar-refractivity contribution in [3.63, 3.8) is 0 Å². The predicted octanol–water partition coefficient (Wildman–Crippen LogP) is 3.72. The number of fused-ring (bicyclic) bond motifs is 1. The fourth-order valence-electron chi connectivity index (χ4n) is 3.61. The number of rotatable bonds is 6. The lowest BCUT2D eigenvalue weighted by atomic mass is 10.1. The summed E-state index contributed by atoms with van der Waals surface area (Å²) < 4.78 is 32.0. The van der Waals surface area contributed by atoms with E-state index in [1.165, 1.54) is 18.4 Å². The van der Waals surface area contributed by atoms with Gasteiger partial charge in [-0.15, -0.1) is 0 Å². The summed E-state index contributed by atoms with van der Waals surface area (Å²) >= 11 is 0. The number of hydrogen-bond donors (Lipinski definition) is 0. The van der Waals surface area contributed by atoms with E-state index in [1.54, 1.807) is 35.2 Å². The maximum absolute atomic E-state index is 13.4. The molecule has 1 amide bonds. The lowest BCUT2D eigenvalue weighted by Gasteiger charge is -2.20. The molecule has 7 heteroatoms. The van der Waals surface area contributed by atoms with Gasteiger partial charge in [-0.3, -0.25) is 4.79 Å². The molecule has 1 heterocycles. The molecule has 0 unspecified atom stereocenters. The second-order valence-electron chi connectivity index (χ2n) is 7.56. The minimum absolute atomic E-state index is 0.161. The summed E-state index contributed by atoms with van der Waals surface area (Å²) in [7, 11) is -0.509. The van der Waals surface area contributed by atoms with Crippen LogP contribution in [0.4, 0.5) is 5.69 Å². The smallest absolute Gasteiger partial charge is 0.262 e. The van der Waals surface area contributed by atoms with Gasteiger partial charge in [-0.1, -0.05) is 42.5 Å². The Morgan fingerprint density at radius 2 is 1.71 bits per heavy atom. The first-order chi connectivity index (χ1) is 14.9. The molecule has 4 rings (SSSR count). The van der Waals surface area contributed by atoms with Crippen molar-refractivity contribution in [2.75, 3.05) is 25.5 Å². The number of para-hydroxylation sites is 1. The van der Waals surface area contributed by atoms with Crippen LogP contribution < -0.4 is 9.64 Å². The monoisotopic (exact) mass is 436 g/mol. The van der Waals surface area contributed by atoms with Crippen LogP contribution in [-0.4, -0.2) is 39.3 Å². The minimum Gasteiger partial charge on any atom is -0.488 e. The summed E-state index contributed by atoms with van der Waals surface area (Å²) in [6.07, 6.45) is 0.602. The molecule has 1 aliphatic rings. The standard InChI is InChI=1S/C24H24N2O4S/c1-25(2)31(28,29)20-12-13-22-19(16-20)14-15-26(22)24(27)21-10-6-7-11-23(21)30-17-18-8-4-3-5-9-18/h3-13,16H,14-15,17H2,1-2H3. The van der Waals surface area contributed by atoms with Gasteiger partial charge in [0.2, 0.25) is 10.0 Å². The highest BCUT2D eigenvalue weighted by atomic mass is 32.2. The van der Waals surface area contributed by atoms with Crippen molar-refractivity contribution in [1.29, 1.82) is 0 Å². The molecule has 0 atom stereocenters. The molecule has 6 nitrogen and oxygen atoms in total. The first kappa shape index (κ1) is 21.1. The molecule has 1 aliphatic heterocycles. The van der Waals surface area contributed by atoms with E-state index in [9.17, 15) is 13.2 Å². The van der Waals surface area contributed by atoms with Crippen LogP contribution in [0.15, 0.2) is 77.7 Å². The predicted molar refractivity (Wildman–Crippen MR) is 120 cm³/mol. The van der Waals surface area contributed by atoms with Gasteiger partial charge in [0, 0.05) is 26.3 Å². The Hall–Kier alpha value is -3.16. The molecule has 3 aromatic carbocycles. The Morgan fingerprint density at radius 3 is 2.45 bits per heavy atom. The topological polar surface area (TPSA) is 66.9 Å². The fourth-order valence-corrected chi connectivity index (χ4v) is 4.56. The van der Waals surface area contributed by atoms with Crippen LogP contribution in [-0.2, 0) is 23.1 Å². The van der Waals surface area contributed by atoms with Gasteiger partial charge in [-0.25, -0.2) is 12.7 Å². The van der Waals surface area contributed by atoms with E-state index in [-0.39, 0.29) is 10.8 Å². The normalized spacial score (nSPS) is 13.3. The number of sulfonamides is 1. The summed E-state index contributed by atoms with van der Waals surface area (Å²) in [5, 5.41) is 0. The molecule has 160 valence electrons. The lowest BCUT2D eigenvalue weighted by molar-refractivity contribution is 0.0985. The average molecular weight is 437 g/mol. The van der Waals surface area contributed by atoms with Crippen LogP contribution in [0.2, 0.25) is 0 Å². The number of ether oxygens (including phenoxy) is 1. The summed E-state index contributed by atoms with van der Waals surface area (Å²) in [5.74, 6) is 0.363. The maximum atomic E-state index is 13.4. The Morgan fingerprint density at radius 1 is 1.00 bits per heavy atom. The third-order valence-electron chi connectivity index (χ3n) is 5.32. The van der Waals surface area contributed by atoms with Crippen molar-refractivity contribution in [3.05, 3.63) is 89.5 Å². The third kappa shape index (κ3) is 4.19. The number of nitrogens with zero attached hydrogens (tertiary/aromatic N) is 2. The number of carbonyl (C=O) groups excluding carboxylic acids is 1. The van der Waals surface area contributed by atoms with Crippen molar-refractivity contribution in [1.82, 2.24) is 4.31 Å². The van der Waals surface area contributed by atoms with Gasteiger partial charge in [-0.2, -0.15) is 0 Å². The quantitative estimate of drug-likeness (QED) is 0.591. The Balaban J connectivity index is 1.58. The number of benzene rings is 3. The SMILES string of the molecule is CN(C)S(=O)(=O)c1ccc2c(c1)CCN2C(=O)c1ccccc1OCc1ccccc1. The maximum Gasteiger partial charge on any atom is 0.262 e. The molecule has 0 spiro atoms. The van der Waals surface area contributed by atoms with Crippen molar-refractivity contribution in [3.8, 4) is 5.75 Å². The van der Waals surface area contributed by atoms with E-state index in [2.05, 4.69) is 0 Å². The van der Waals surface area contributed by atoms with Gasteiger partial charge < -0.3 is 9.64 Å². The first-order valence-corrected chi connectivity index (χ1v) is 11.4.